The highest BCUT2D eigenvalue weighted by Gasteiger charge is 2.37. The third-order valence-electron chi connectivity index (χ3n) is 4.02. The molecule has 1 nitrogen and oxygen atoms in total. The first-order valence-electron chi connectivity index (χ1n) is 6.86. The Kier molecular flexibility index (Phi) is 3.77. The lowest BCUT2D eigenvalue weighted by Crippen LogP contribution is -2.56. The van der Waals surface area contributed by atoms with Crippen molar-refractivity contribution in [3.63, 3.8) is 0 Å². The van der Waals surface area contributed by atoms with Crippen molar-refractivity contribution >= 4 is 11.6 Å². The minimum absolute atomic E-state index is 0.104. The number of hydrogen-bond donors (Lipinski definition) is 1. The van der Waals surface area contributed by atoms with E-state index >= 15 is 0 Å². The van der Waals surface area contributed by atoms with E-state index in [0.717, 1.165) is 31.5 Å². The molecule has 3 heteroatoms. The van der Waals surface area contributed by atoms with E-state index < -0.39 is 0 Å². The zero-order chi connectivity index (χ0) is 14.0. The van der Waals surface area contributed by atoms with Gasteiger partial charge in [0.1, 0.15) is 5.82 Å². The SMILES string of the molecule is Fc1c(Cl)cccc1CC1(Cc2ccccc2)CNC1. The Hall–Kier alpha value is -1.38. The predicted molar refractivity (Wildman–Crippen MR) is 80.6 cm³/mol. The monoisotopic (exact) mass is 289 g/mol. The molecule has 3 rings (SSSR count). The maximum Gasteiger partial charge on any atom is 0.144 e. The van der Waals surface area contributed by atoms with Gasteiger partial charge in [-0.3, -0.25) is 0 Å². The van der Waals surface area contributed by atoms with Crippen LogP contribution in [0.15, 0.2) is 48.5 Å². The lowest BCUT2D eigenvalue weighted by molar-refractivity contribution is 0.165. The lowest BCUT2D eigenvalue weighted by atomic mass is 9.72. The number of benzene rings is 2. The largest absolute Gasteiger partial charge is 0.315 e. The molecule has 1 fully saturated rings. The van der Waals surface area contributed by atoms with Crippen LogP contribution < -0.4 is 5.32 Å². The summed E-state index contributed by atoms with van der Waals surface area (Å²) in [5.41, 5.74) is 2.12. The summed E-state index contributed by atoms with van der Waals surface area (Å²) >= 11 is 5.87. The van der Waals surface area contributed by atoms with Crippen LogP contribution in [0.3, 0.4) is 0 Å². The first-order chi connectivity index (χ1) is 9.69. The second-order valence-corrected chi connectivity index (χ2v) is 6.06. The van der Waals surface area contributed by atoms with Gasteiger partial charge in [-0.25, -0.2) is 4.39 Å². The van der Waals surface area contributed by atoms with Gasteiger partial charge in [0.05, 0.1) is 5.02 Å². The van der Waals surface area contributed by atoms with E-state index in [1.807, 2.05) is 18.2 Å². The Labute approximate surface area is 123 Å². The maximum absolute atomic E-state index is 14.1. The molecular weight excluding hydrogens is 273 g/mol. The van der Waals surface area contributed by atoms with E-state index in [1.54, 1.807) is 6.07 Å². The summed E-state index contributed by atoms with van der Waals surface area (Å²) in [6.45, 7) is 1.85. The van der Waals surface area contributed by atoms with Crippen LogP contribution in [0.4, 0.5) is 4.39 Å². The minimum atomic E-state index is -0.270. The van der Waals surface area contributed by atoms with Crippen LogP contribution in [-0.4, -0.2) is 13.1 Å². The maximum atomic E-state index is 14.1. The van der Waals surface area contributed by atoms with Gasteiger partial charge in [-0.15, -0.1) is 0 Å². The third kappa shape index (κ3) is 2.72. The highest BCUT2D eigenvalue weighted by atomic mass is 35.5. The van der Waals surface area contributed by atoms with Crippen molar-refractivity contribution in [1.82, 2.24) is 5.32 Å². The number of hydrogen-bond acceptors (Lipinski definition) is 1. The molecule has 0 bridgehead atoms. The van der Waals surface area contributed by atoms with E-state index in [4.69, 9.17) is 11.6 Å². The van der Waals surface area contributed by atoms with Gasteiger partial charge in [-0.2, -0.15) is 0 Å². The summed E-state index contributed by atoms with van der Waals surface area (Å²) in [4.78, 5) is 0. The van der Waals surface area contributed by atoms with Gasteiger partial charge in [0.2, 0.25) is 0 Å². The summed E-state index contributed by atoms with van der Waals surface area (Å²) in [5.74, 6) is -0.270. The van der Waals surface area contributed by atoms with E-state index in [2.05, 4.69) is 29.6 Å². The molecule has 0 saturated carbocycles. The molecule has 1 aliphatic heterocycles. The van der Waals surface area contributed by atoms with Crippen molar-refractivity contribution in [3.05, 3.63) is 70.5 Å². The van der Waals surface area contributed by atoms with Crippen LogP contribution in [0.25, 0.3) is 0 Å². The Morgan fingerprint density at radius 2 is 1.75 bits per heavy atom. The second kappa shape index (κ2) is 5.55. The molecule has 1 saturated heterocycles. The molecule has 2 aromatic rings. The average molecular weight is 290 g/mol. The summed E-state index contributed by atoms with van der Waals surface area (Å²) in [6.07, 6.45) is 1.69. The van der Waals surface area contributed by atoms with Crippen LogP contribution in [0.2, 0.25) is 5.02 Å². The number of rotatable bonds is 4. The van der Waals surface area contributed by atoms with Crippen molar-refractivity contribution in [3.8, 4) is 0 Å². The van der Waals surface area contributed by atoms with Crippen molar-refractivity contribution < 1.29 is 4.39 Å². The molecule has 104 valence electrons. The van der Waals surface area contributed by atoms with E-state index in [1.165, 1.54) is 5.56 Å². The molecule has 2 aromatic carbocycles. The summed E-state index contributed by atoms with van der Waals surface area (Å²) in [5, 5.41) is 3.53. The minimum Gasteiger partial charge on any atom is -0.315 e. The van der Waals surface area contributed by atoms with Gasteiger partial charge in [-0.1, -0.05) is 54.1 Å². The quantitative estimate of drug-likeness (QED) is 0.901. The number of halogens is 2. The lowest BCUT2D eigenvalue weighted by Gasteiger charge is -2.43. The predicted octanol–water partition coefficient (Wildman–Crippen LogP) is 3.85. The van der Waals surface area contributed by atoms with Gasteiger partial charge in [-0.05, 0) is 30.0 Å². The fourth-order valence-electron chi connectivity index (χ4n) is 2.91. The fraction of sp³-hybridized carbons (Fsp3) is 0.294. The van der Waals surface area contributed by atoms with Crippen molar-refractivity contribution in [2.75, 3.05) is 13.1 Å². The average Bonchev–Trinajstić information content (AvgIpc) is 2.42. The summed E-state index contributed by atoms with van der Waals surface area (Å²) < 4.78 is 14.1. The van der Waals surface area contributed by atoms with Crippen molar-refractivity contribution in [2.45, 2.75) is 12.8 Å². The van der Waals surface area contributed by atoms with E-state index in [0.29, 0.717) is 0 Å². The Morgan fingerprint density at radius 3 is 2.40 bits per heavy atom. The van der Waals surface area contributed by atoms with Crippen LogP contribution in [-0.2, 0) is 12.8 Å². The molecule has 1 heterocycles. The molecule has 0 amide bonds. The van der Waals surface area contributed by atoms with Gasteiger partial charge < -0.3 is 5.32 Å². The Morgan fingerprint density at radius 1 is 1.00 bits per heavy atom. The molecule has 20 heavy (non-hydrogen) atoms. The van der Waals surface area contributed by atoms with Crippen LogP contribution in [0, 0.1) is 11.2 Å². The Bertz CT molecular complexity index is 593. The molecular formula is C17H17ClFN. The Balaban J connectivity index is 1.81. The van der Waals surface area contributed by atoms with Crippen LogP contribution >= 0.6 is 11.6 Å². The van der Waals surface area contributed by atoms with Crippen molar-refractivity contribution in [1.29, 1.82) is 0 Å². The molecule has 0 aromatic heterocycles. The first kappa shape index (κ1) is 13.6. The fourth-order valence-corrected chi connectivity index (χ4v) is 3.10. The molecule has 0 atom stereocenters. The highest BCUT2D eigenvalue weighted by molar-refractivity contribution is 6.30. The molecule has 0 spiro atoms. The molecule has 1 aliphatic rings. The summed E-state index contributed by atoms with van der Waals surface area (Å²) in [7, 11) is 0. The number of nitrogens with one attached hydrogen (secondary N) is 1. The normalized spacial score (nSPS) is 16.7. The molecule has 0 aliphatic carbocycles. The standard InChI is InChI=1S/C17H17ClFN/c18-15-8-4-7-14(16(15)19)10-17(11-20-12-17)9-13-5-2-1-3-6-13/h1-8,20H,9-12H2. The first-order valence-corrected chi connectivity index (χ1v) is 7.24. The molecule has 0 unspecified atom stereocenters. The summed E-state index contributed by atoms with van der Waals surface area (Å²) in [6, 6.07) is 15.7. The van der Waals surface area contributed by atoms with Gasteiger partial charge >= 0.3 is 0 Å². The van der Waals surface area contributed by atoms with Gasteiger partial charge in [0.15, 0.2) is 0 Å². The van der Waals surface area contributed by atoms with E-state index in [-0.39, 0.29) is 16.3 Å². The van der Waals surface area contributed by atoms with Gasteiger partial charge in [0, 0.05) is 18.5 Å². The highest BCUT2D eigenvalue weighted by Crippen LogP contribution is 2.33. The van der Waals surface area contributed by atoms with Crippen molar-refractivity contribution in [2.24, 2.45) is 5.41 Å². The third-order valence-corrected chi connectivity index (χ3v) is 4.31. The van der Waals surface area contributed by atoms with Crippen LogP contribution in [0.1, 0.15) is 11.1 Å². The topological polar surface area (TPSA) is 12.0 Å². The zero-order valence-corrected chi connectivity index (χ0v) is 12.0. The van der Waals surface area contributed by atoms with E-state index in [9.17, 15) is 4.39 Å². The van der Waals surface area contributed by atoms with Crippen LogP contribution in [0.5, 0.6) is 0 Å². The molecule has 1 N–H and O–H groups in total. The zero-order valence-electron chi connectivity index (χ0n) is 11.2. The molecule has 0 radical (unpaired) electrons. The smallest absolute Gasteiger partial charge is 0.144 e. The van der Waals surface area contributed by atoms with Gasteiger partial charge in [0.25, 0.3) is 0 Å². The second-order valence-electron chi connectivity index (χ2n) is 5.66.